The lowest BCUT2D eigenvalue weighted by Crippen LogP contribution is -2.55. The second kappa shape index (κ2) is 5.41. The topological polar surface area (TPSA) is 41.6 Å². The van der Waals surface area contributed by atoms with Crippen molar-refractivity contribution in [2.24, 2.45) is 0 Å². The minimum atomic E-state index is -0.394. The summed E-state index contributed by atoms with van der Waals surface area (Å²) < 4.78 is 5.57. The first-order chi connectivity index (χ1) is 9.42. The van der Waals surface area contributed by atoms with Crippen LogP contribution in [-0.4, -0.2) is 52.3 Å². The van der Waals surface area contributed by atoms with Crippen molar-refractivity contribution >= 4 is 17.9 Å². The van der Waals surface area contributed by atoms with Gasteiger partial charge in [-0.15, -0.1) is 0 Å². The molecule has 0 radical (unpaired) electrons. The van der Waals surface area contributed by atoms with Crippen LogP contribution < -0.4 is 5.32 Å². The highest BCUT2D eigenvalue weighted by atomic mass is 32.2. The van der Waals surface area contributed by atoms with Crippen molar-refractivity contribution in [3.8, 4) is 0 Å². The Morgan fingerprint density at radius 1 is 1.15 bits per heavy atom. The molecular formula is C15H26N2O2S. The normalized spacial score (nSPS) is 34.0. The molecule has 0 aromatic heterocycles. The third kappa shape index (κ3) is 3.08. The molecule has 5 heteroatoms. The molecule has 2 atom stereocenters. The minimum absolute atomic E-state index is 0.109. The summed E-state index contributed by atoms with van der Waals surface area (Å²) in [6.45, 7) is 5.82. The smallest absolute Gasteiger partial charge is 0.410 e. The zero-order chi connectivity index (χ0) is 14.3. The molecule has 0 saturated carbocycles. The summed E-state index contributed by atoms with van der Waals surface area (Å²) in [5, 5.41) is 3.76. The molecule has 0 spiro atoms. The molecule has 0 aromatic rings. The Bertz CT molecular complexity index is 365. The number of fused-ring (bicyclic) bond motifs is 2. The van der Waals surface area contributed by atoms with E-state index in [4.69, 9.17) is 4.74 Å². The highest BCUT2D eigenvalue weighted by Crippen LogP contribution is 2.37. The van der Waals surface area contributed by atoms with Crippen molar-refractivity contribution in [3.05, 3.63) is 0 Å². The van der Waals surface area contributed by atoms with Crippen molar-refractivity contribution < 1.29 is 9.53 Å². The Morgan fingerprint density at radius 3 is 2.20 bits per heavy atom. The summed E-state index contributed by atoms with van der Waals surface area (Å²) in [5.41, 5.74) is -0.394. The number of carbonyl (C=O) groups is 1. The lowest BCUT2D eigenvalue weighted by Gasteiger charge is -2.41. The van der Waals surface area contributed by atoms with Gasteiger partial charge in [0.2, 0.25) is 0 Å². The van der Waals surface area contributed by atoms with Crippen molar-refractivity contribution in [2.45, 2.75) is 76.2 Å². The molecule has 3 fully saturated rings. The lowest BCUT2D eigenvalue weighted by molar-refractivity contribution is 0.00445. The molecule has 0 aromatic carbocycles. The maximum Gasteiger partial charge on any atom is 0.410 e. The maximum absolute atomic E-state index is 12.4. The number of nitrogens with one attached hydrogen (secondary N) is 1. The Kier molecular flexibility index (Phi) is 3.93. The minimum Gasteiger partial charge on any atom is -0.444 e. The van der Waals surface area contributed by atoms with E-state index in [1.807, 2.05) is 37.4 Å². The van der Waals surface area contributed by atoms with Gasteiger partial charge in [-0.05, 0) is 46.5 Å². The van der Waals surface area contributed by atoms with Crippen LogP contribution in [0.4, 0.5) is 4.79 Å². The van der Waals surface area contributed by atoms with Crippen molar-refractivity contribution in [2.75, 3.05) is 11.5 Å². The summed E-state index contributed by atoms with van der Waals surface area (Å²) >= 11 is 2.02. The first-order valence-electron chi connectivity index (χ1n) is 7.77. The van der Waals surface area contributed by atoms with Crippen LogP contribution in [0.3, 0.4) is 0 Å². The molecule has 114 valence electrons. The molecule has 1 N–H and O–H groups in total. The van der Waals surface area contributed by atoms with Crippen LogP contribution in [0.1, 0.15) is 46.5 Å². The largest absolute Gasteiger partial charge is 0.444 e. The molecule has 1 amide bonds. The van der Waals surface area contributed by atoms with Gasteiger partial charge in [0.15, 0.2) is 0 Å². The van der Waals surface area contributed by atoms with Gasteiger partial charge in [0, 0.05) is 35.7 Å². The summed E-state index contributed by atoms with van der Waals surface area (Å²) in [5.74, 6) is 2.50. The van der Waals surface area contributed by atoms with E-state index >= 15 is 0 Å². The van der Waals surface area contributed by atoms with Crippen LogP contribution in [0.25, 0.3) is 0 Å². The van der Waals surface area contributed by atoms with E-state index in [9.17, 15) is 4.79 Å². The Balaban J connectivity index is 1.58. The molecule has 2 bridgehead atoms. The Labute approximate surface area is 126 Å². The van der Waals surface area contributed by atoms with E-state index in [0.29, 0.717) is 24.2 Å². The number of hydrogen-bond donors (Lipinski definition) is 1. The van der Waals surface area contributed by atoms with Crippen LogP contribution in [0.5, 0.6) is 0 Å². The van der Waals surface area contributed by atoms with Gasteiger partial charge in [-0.2, -0.15) is 11.8 Å². The highest BCUT2D eigenvalue weighted by molar-refractivity contribution is 8.00. The fourth-order valence-corrected chi connectivity index (χ4v) is 4.25. The fraction of sp³-hybridized carbons (Fsp3) is 0.933. The third-order valence-electron chi connectivity index (χ3n) is 4.45. The van der Waals surface area contributed by atoms with Gasteiger partial charge in [0.05, 0.1) is 0 Å². The van der Waals surface area contributed by atoms with Crippen molar-refractivity contribution in [3.63, 3.8) is 0 Å². The summed E-state index contributed by atoms with van der Waals surface area (Å²) in [7, 11) is 0. The molecule has 0 aliphatic carbocycles. The quantitative estimate of drug-likeness (QED) is 0.851. The molecular weight excluding hydrogens is 272 g/mol. The number of thioether (sulfide) groups is 1. The van der Waals surface area contributed by atoms with Gasteiger partial charge >= 0.3 is 6.09 Å². The monoisotopic (exact) mass is 298 g/mol. The number of carbonyl (C=O) groups excluding carboxylic acids is 1. The van der Waals surface area contributed by atoms with E-state index < -0.39 is 5.60 Å². The van der Waals surface area contributed by atoms with E-state index in [-0.39, 0.29) is 6.09 Å². The molecule has 3 aliphatic rings. The Hall–Kier alpha value is -0.420. The standard InChI is InChI=1S/C15H26N2O2S/c1-15(2,3)19-14(18)17-12-4-5-13(17)7-10(6-12)16-11-8-20-9-11/h10-13,16H,4-9H2,1-3H3. The first kappa shape index (κ1) is 14.5. The van der Waals surface area contributed by atoms with E-state index in [2.05, 4.69) is 5.32 Å². The average molecular weight is 298 g/mol. The first-order valence-corrected chi connectivity index (χ1v) is 8.93. The van der Waals surface area contributed by atoms with E-state index in [1.165, 1.54) is 11.5 Å². The third-order valence-corrected chi connectivity index (χ3v) is 5.72. The molecule has 3 saturated heterocycles. The van der Waals surface area contributed by atoms with Gasteiger partial charge in [0.1, 0.15) is 5.60 Å². The molecule has 2 unspecified atom stereocenters. The Morgan fingerprint density at radius 2 is 1.75 bits per heavy atom. The second-order valence-corrected chi connectivity index (χ2v) is 8.42. The number of nitrogens with zero attached hydrogens (tertiary/aromatic N) is 1. The van der Waals surface area contributed by atoms with Crippen LogP contribution in [0, 0.1) is 0 Å². The number of hydrogen-bond acceptors (Lipinski definition) is 4. The molecule has 20 heavy (non-hydrogen) atoms. The van der Waals surface area contributed by atoms with Gasteiger partial charge in [-0.3, -0.25) is 0 Å². The molecule has 3 rings (SSSR count). The summed E-state index contributed by atoms with van der Waals surface area (Å²) in [4.78, 5) is 14.4. The summed E-state index contributed by atoms with van der Waals surface area (Å²) in [6.07, 6.45) is 4.36. The molecule has 4 nitrogen and oxygen atoms in total. The van der Waals surface area contributed by atoms with Crippen LogP contribution in [0.15, 0.2) is 0 Å². The van der Waals surface area contributed by atoms with E-state index in [0.717, 1.165) is 25.7 Å². The molecule has 3 heterocycles. The van der Waals surface area contributed by atoms with Crippen molar-refractivity contribution in [1.82, 2.24) is 10.2 Å². The fourth-order valence-electron chi connectivity index (χ4n) is 3.59. The zero-order valence-electron chi connectivity index (χ0n) is 12.7. The number of rotatable bonds is 2. The average Bonchev–Trinajstić information content (AvgIpc) is 2.54. The SMILES string of the molecule is CC(C)(C)OC(=O)N1C2CCC1CC(NC1CSC1)C2. The molecule has 3 aliphatic heterocycles. The van der Waals surface area contributed by atoms with Crippen LogP contribution in [0.2, 0.25) is 0 Å². The maximum atomic E-state index is 12.4. The highest BCUT2D eigenvalue weighted by Gasteiger charge is 2.45. The second-order valence-electron chi connectivity index (χ2n) is 7.34. The van der Waals surface area contributed by atoms with Crippen LogP contribution >= 0.6 is 11.8 Å². The number of ether oxygens (including phenoxy) is 1. The van der Waals surface area contributed by atoms with Crippen LogP contribution in [-0.2, 0) is 4.74 Å². The summed E-state index contributed by atoms with van der Waals surface area (Å²) in [6, 6.07) is 2.07. The zero-order valence-corrected chi connectivity index (χ0v) is 13.5. The van der Waals surface area contributed by atoms with Gasteiger partial charge in [-0.1, -0.05) is 0 Å². The number of piperidine rings is 1. The predicted octanol–water partition coefficient (Wildman–Crippen LogP) is 2.62. The lowest BCUT2D eigenvalue weighted by atomic mass is 9.97. The van der Waals surface area contributed by atoms with Gasteiger partial charge in [0.25, 0.3) is 0 Å². The van der Waals surface area contributed by atoms with Gasteiger partial charge in [-0.25, -0.2) is 4.79 Å². The number of amides is 1. The van der Waals surface area contributed by atoms with Gasteiger partial charge < -0.3 is 15.0 Å². The predicted molar refractivity (Wildman–Crippen MR) is 82.2 cm³/mol. The van der Waals surface area contributed by atoms with E-state index in [1.54, 1.807) is 0 Å². The van der Waals surface area contributed by atoms with Crippen molar-refractivity contribution in [1.29, 1.82) is 0 Å².